The van der Waals surface area contributed by atoms with Crippen LogP contribution in [0.1, 0.15) is 11.1 Å². The number of rotatable bonds is 3. The fourth-order valence-electron chi connectivity index (χ4n) is 1.23. The van der Waals surface area contributed by atoms with Gasteiger partial charge >= 0.3 is 6.18 Å². The van der Waals surface area contributed by atoms with Crippen LogP contribution < -0.4 is 5.32 Å². The Kier molecular flexibility index (Phi) is 4.06. The lowest BCUT2D eigenvalue weighted by Gasteiger charge is -2.10. The molecular formula is C11H11F4N. The van der Waals surface area contributed by atoms with E-state index in [4.69, 9.17) is 0 Å². The van der Waals surface area contributed by atoms with Gasteiger partial charge in [0.1, 0.15) is 5.82 Å². The van der Waals surface area contributed by atoms with E-state index in [9.17, 15) is 17.6 Å². The van der Waals surface area contributed by atoms with Crippen molar-refractivity contribution in [2.45, 2.75) is 6.18 Å². The van der Waals surface area contributed by atoms with Gasteiger partial charge in [0.15, 0.2) is 0 Å². The van der Waals surface area contributed by atoms with Gasteiger partial charge in [0.25, 0.3) is 0 Å². The molecule has 0 aliphatic rings. The predicted molar refractivity (Wildman–Crippen MR) is 54.4 cm³/mol. The first-order chi connectivity index (χ1) is 7.45. The molecule has 16 heavy (non-hydrogen) atoms. The fourth-order valence-corrected chi connectivity index (χ4v) is 1.23. The SMILES string of the molecule is CNCC=Cc1cc(F)ccc1C(F)(F)F. The summed E-state index contributed by atoms with van der Waals surface area (Å²) >= 11 is 0. The lowest BCUT2D eigenvalue weighted by atomic mass is 10.1. The Hall–Kier alpha value is -1.36. The lowest BCUT2D eigenvalue weighted by molar-refractivity contribution is -0.137. The van der Waals surface area contributed by atoms with E-state index in [2.05, 4.69) is 5.32 Å². The zero-order valence-electron chi connectivity index (χ0n) is 8.61. The molecule has 0 saturated carbocycles. The van der Waals surface area contributed by atoms with Crippen LogP contribution in [-0.2, 0) is 6.18 Å². The standard InChI is InChI=1S/C11H11F4N/c1-16-6-2-3-8-7-9(12)4-5-10(8)11(13,14)15/h2-5,7,16H,6H2,1H3. The Labute approximate surface area is 90.8 Å². The van der Waals surface area contributed by atoms with E-state index in [0.717, 1.165) is 18.2 Å². The van der Waals surface area contributed by atoms with Gasteiger partial charge in [-0.05, 0) is 30.8 Å². The molecule has 0 heterocycles. The van der Waals surface area contributed by atoms with Gasteiger partial charge in [-0.25, -0.2) is 4.39 Å². The van der Waals surface area contributed by atoms with Crippen molar-refractivity contribution in [3.63, 3.8) is 0 Å². The summed E-state index contributed by atoms with van der Waals surface area (Å²) in [4.78, 5) is 0. The van der Waals surface area contributed by atoms with Gasteiger partial charge in [0.05, 0.1) is 5.56 Å². The molecule has 0 radical (unpaired) electrons. The molecule has 1 N–H and O–H groups in total. The van der Waals surface area contributed by atoms with Crippen molar-refractivity contribution in [1.82, 2.24) is 5.32 Å². The molecule has 0 aliphatic carbocycles. The average Bonchev–Trinajstić information content (AvgIpc) is 2.16. The number of likely N-dealkylation sites (N-methyl/N-ethyl adjacent to an activating group) is 1. The van der Waals surface area contributed by atoms with Crippen LogP contribution in [0, 0.1) is 5.82 Å². The van der Waals surface area contributed by atoms with Gasteiger partial charge in [-0.3, -0.25) is 0 Å². The summed E-state index contributed by atoms with van der Waals surface area (Å²) in [5.41, 5.74) is -0.996. The van der Waals surface area contributed by atoms with Crippen LogP contribution in [0.5, 0.6) is 0 Å². The highest BCUT2D eigenvalue weighted by Crippen LogP contribution is 2.32. The molecule has 0 fully saturated rings. The third kappa shape index (κ3) is 3.34. The van der Waals surface area contributed by atoms with Crippen molar-refractivity contribution in [2.24, 2.45) is 0 Å². The van der Waals surface area contributed by atoms with E-state index in [1.807, 2.05) is 0 Å². The van der Waals surface area contributed by atoms with Crippen LogP contribution >= 0.6 is 0 Å². The molecule has 1 aromatic rings. The molecule has 0 bridgehead atoms. The summed E-state index contributed by atoms with van der Waals surface area (Å²) in [6.45, 7) is 0.424. The van der Waals surface area contributed by atoms with Crippen LogP contribution in [0.3, 0.4) is 0 Å². The van der Waals surface area contributed by atoms with Gasteiger partial charge in [-0.2, -0.15) is 13.2 Å². The maximum Gasteiger partial charge on any atom is 0.416 e. The van der Waals surface area contributed by atoms with Crippen molar-refractivity contribution in [3.8, 4) is 0 Å². The van der Waals surface area contributed by atoms with E-state index in [0.29, 0.717) is 6.54 Å². The molecule has 1 rings (SSSR count). The number of benzene rings is 1. The molecule has 1 aromatic carbocycles. The summed E-state index contributed by atoms with van der Waals surface area (Å²) in [5.74, 6) is -0.683. The van der Waals surface area contributed by atoms with Gasteiger partial charge < -0.3 is 5.32 Å². The molecule has 1 nitrogen and oxygen atoms in total. The van der Waals surface area contributed by atoms with Crippen LogP contribution in [0.4, 0.5) is 17.6 Å². The van der Waals surface area contributed by atoms with Gasteiger partial charge in [-0.1, -0.05) is 12.2 Å². The molecule has 0 spiro atoms. The second-order valence-corrected chi connectivity index (χ2v) is 3.19. The van der Waals surface area contributed by atoms with Gasteiger partial charge in [0, 0.05) is 6.54 Å². The summed E-state index contributed by atoms with van der Waals surface area (Å²) in [6.07, 6.45) is -1.71. The maximum atomic E-state index is 12.8. The second kappa shape index (κ2) is 5.12. The zero-order valence-corrected chi connectivity index (χ0v) is 8.61. The van der Waals surface area contributed by atoms with Crippen LogP contribution in [0.25, 0.3) is 6.08 Å². The molecule has 5 heteroatoms. The maximum absolute atomic E-state index is 12.8. The Bertz CT molecular complexity index is 382. The van der Waals surface area contributed by atoms with Gasteiger partial charge in [-0.15, -0.1) is 0 Å². The Morgan fingerprint density at radius 1 is 1.31 bits per heavy atom. The molecule has 88 valence electrons. The van der Waals surface area contributed by atoms with E-state index >= 15 is 0 Å². The number of hydrogen-bond donors (Lipinski definition) is 1. The van der Waals surface area contributed by atoms with Crippen molar-refractivity contribution in [2.75, 3.05) is 13.6 Å². The second-order valence-electron chi connectivity index (χ2n) is 3.19. The average molecular weight is 233 g/mol. The summed E-state index contributed by atoms with van der Waals surface area (Å²) in [5, 5.41) is 2.75. The molecular weight excluding hydrogens is 222 g/mol. The zero-order chi connectivity index (χ0) is 12.2. The topological polar surface area (TPSA) is 12.0 Å². The molecule has 0 atom stereocenters. The summed E-state index contributed by atoms with van der Waals surface area (Å²) < 4.78 is 50.4. The normalized spacial score (nSPS) is 12.3. The van der Waals surface area contributed by atoms with E-state index in [-0.39, 0.29) is 5.56 Å². The molecule has 0 saturated heterocycles. The van der Waals surface area contributed by atoms with Crippen LogP contribution in [0.2, 0.25) is 0 Å². The van der Waals surface area contributed by atoms with E-state index in [1.165, 1.54) is 12.2 Å². The van der Waals surface area contributed by atoms with Gasteiger partial charge in [0.2, 0.25) is 0 Å². The first kappa shape index (κ1) is 12.7. The van der Waals surface area contributed by atoms with Crippen LogP contribution in [-0.4, -0.2) is 13.6 Å². The number of nitrogens with one attached hydrogen (secondary N) is 1. The Morgan fingerprint density at radius 3 is 2.56 bits per heavy atom. The smallest absolute Gasteiger partial charge is 0.316 e. The minimum Gasteiger partial charge on any atom is -0.316 e. The summed E-state index contributed by atoms with van der Waals surface area (Å²) in [7, 11) is 1.67. The largest absolute Gasteiger partial charge is 0.416 e. The molecule has 0 aliphatic heterocycles. The Morgan fingerprint density at radius 2 is 2.00 bits per heavy atom. The third-order valence-electron chi connectivity index (χ3n) is 1.94. The number of halogens is 4. The lowest BCUT2D eigenvalue weighted by Crippen LogP contribution is -2.08. The van der Waals surface area contributed by atoms with E-state index in [1.54, 1.807) is 7.05 Å². The first-order valence-electron chi connectivity index (χ1n) is 4.63. The van der Waals surface area contributed by atoms with Crippen molar-refractivity contribution in [1.29, 1.82) is 0 Å². The highest BCUT2D eigenvalue weighted by molar-refractivity contribution is 5.55. The third-order valence-corrected chi connectivity index (χ3v) is 1.94. The quantitative estimate of drug-likeness (QED) is 0.791. The van der Waals surface area contributed by atoms with Crippen molar-refractivity contribution >= 4 is 6.08 Å². The highest BCUT2D eigenvalue weighted by atomic mass is 19.4. The molecule has 0 aromatic heterocycles. The summed E-state index contributed by atoms with van der Waals surface area (Å²) in [6, 6.07) is 2.42. The van der Waals surface area contributed by atoms with Crippen molar-refractivity contribution in [3.05, 3.63) is 41.2 Å². The number of alkyl halides is 3. The predicted octanol–water partition coefficient (Wildman–Crippen LogP) is 3.08. The highest BCUT2D eigenvalue weighted by Gasteiger charge is 2.32. The minimum absolute atomic E-state index is 0.164. The van der Waals surface area contributed by atoms with E-state index < -0.39 is 17.6 Å². The first-order valence-corrected chi connectivity index (χ1v) is 4.63. The Balaban J connectivity index is 3.09. The van der Waals surface area contributed by atoms with Crippen molar-refractivity contribution < 1.29 is 17.6 Å². The number of hydrogen-bond acceptors (Lipinski definition) is 1. The van der Waals surface area contributed by atoms with Crippen LogP contribution in [0.15, 0.2) is 24.3 Å². The fraction of sp³-hybridized carbons (Fsp3) is 0.273. The molecule has 0 amide bonds. The molecule has 0 unspecified atom stereocenters. The minimum atomic E-state index is -4.47. The monoisotopic (exact) mass is 233 g/mol.